The Morgan fingerprint density at radius 1 is 0.926 bits per heavy atom. The highest BCUT2D eigenvalue weighted by molar-refractivity contribution is 5.88. The molecule has 0 radical (unpaired) electrons. The van der Waals surface area contributed by atoms with Crippen molar-refractivity contribution in [2.45, 2.75) is 58.0 Å². The summed E-state index contributed by atoms with van der Waals surface area (Å²) < 4.78 is 0. The average molecular weight is 370 g/mol. The Bertz CT molecular complexity index is 607. The van der Waals surface area contributed by atoms with Gasteiger partial charge in [0.2, 0.25) is 5.91 Å². The first-order chi connectivity index (χ1) is 13.2. The molecular formula is C22H31N3O2. The molecule has 146 valence electrons. The fraction of sp³-hybridized carbons (Fsp3) is 0.409. The molecule has 0 aliphatic rings. The van der Waals surface area contributed by atoms with Crippen molar-refractivity contribution in [3.8, 4) is 0 Å². The zero-order chi connectivity index (χ0) is 20.0. The van der Waals surface area contributed by atoms with Crippen molar-refractivity contribution in [1.29, 1.82) is 0 Å². The van der Waals surface area contributed by atoms with Gasteiger partial charge >= 0.3 is 0 Å². The van der Waals surface area contributed by atoms with Crippen LogP contribution in [0.3, 0.4) is 0 Å². The van der Waals surface area contributed by atoms with E-state index in [4.69, 9.17) is 5.53 Å². The Kier molecular flexibility index (Phi) is 17.8. The Labute approximate surface area is 162 Å². The molecule has 0 saturated carbocycles. The molecule has 1 atom stereocenters. The second-order valence-electron chi connectivity index (χ2n) is 5.94. The van der Waals surface area contributed by atoms with E-state index in [1.165, 1.54) is 25.0 Å². The number of aliphatic hydroxyl groups is 1. The summed E-state index contributed by atoms with van der Waals surface area (Å²) in [5, 5.41) is 12.7. The number of carbonyl (C=O) groups is 1. The van der Waals surface area contributed by atoms with Crippen LogP contribution in [-0.4, -0.2) is 17.1 Å². The summed E-state index contributed by atoms with van der Waals surface area (Å²) in [6.07, 6.45) is 28.9. The largest absolute Gasteiger partial charge is 0.393 e. The van der Waals surface area contributed by atoms with Gasteiger partial charge in [-0.1, -0.05) is 93.0 Å². The Morgan fingerprint density at radius 2 is 1.48 bits per heavy atom. The van der Waals surface area contributed by atoms with Gasteiger partial charge in [-0.05, 0) is 42.4 Å². The van der Waals surface area contributed by atoms with Crippen LogP contribution >= 0.6 is 0 Å². The van der Waals surface area contributed by atoms with Gasteiger partial charge in [0.15, 0.2) is 0 Å². The van der Waals surface area contributed by atoms with E-state index in [2.05, 4.69) is 23.0 Å². The number of hydrogen-bond acceptors (Lipinski definition) is 2. The summed E-state index contributed by atoms with van der Waals surface area (Å²) in [7, 11) is 0. The van der Waals surface area contributed by atoms with Crippen LogP contribution in [0.2, 0.25) is 0 Å². The maximum Gasteiger partial charge on any atom is 0.241 e. The average Bonchev–Trinajstić information content (AvgIpc) is 2.65. The summed E-state index contributed by atoms with van der Waals surface area (Å²) >= 11 is 0. The third-order valence-corrected chi connectivity index (χ3v) is 3.57. The van der Waals surface area contributed by atoms with Crippen molar-refractivity contribution in [3.05, 3.63) is 83.4 Å². The van der Waals surface area contributed by atoms with Crippen LogP contribution in [0.4, 0.5) is 0 Å². The van der Waals surface area contributed by atoms with Crippen LogP contribution in [0.15, 0.2) is 78.0 Å². The maximum atomic E-state index is 10.8. The van der Waals surface area contributed by atoms with Gasteiger partial charge in [-0.25, -0.2) is 0 Å². The van der Waals surface area contributed by atoms with Gasteiger partial charge in [0.1, 0.15) is 0 Å². The monoisotopic (exact) mass is 369 g/mol. The van der Waals surface area contributed by atoms with E-state index in [1.807, 2.05) is 42.5 Å². The van der Waals surface area contributed by atoms with Crippen LogP contribution in [0.25, 0.3) is 10.4 Å². The lowest BCUT2D eigenvalue weighted by Crippen LogP contribution is -2.05. The minimum atomic E-state index is -0.618. The number of allylic oxidation sites excluding steroid dienone is 11. The molecule has 1 N–H and O–H groups in total. The molecule has 1 amide bonds. The Hall–Kier alpha value is -2.62. The normalized spacial score (nSPS) is 13.7. The molecule has 0 heterocycles. The summed E-state index contributed by atoms with van der Waals surface area (Å²) in [6, 6.07) is 0. The van der Waals surface area contributed by atoms with Crippen LogP contribution < -0.4 is 0 Å². The van der Waals surface area contributed by atoms with E-state index in [0.717, 1.165) is 32.1 Å². The highest BCUT2D eigenvalue weighted by atomic mass is 16.3. The van der Waals surface area contributed by atoms with Gasteiger partial charge < -0.3 is 5.11 Å². The molecule has 0 unspecified atom stereocenters. The molecule has 0 spiro atoms. The lowest BCUT2D eigenvalue weighted by atomic mass is 10.1. The number of aliphatic hydroxyl groups excluding tert-OH is 1. The van der Waals surface area contributed by atoms with Gasteiger partial charge in [-0.3, -0.25) is 4.79 Å². The molecule has 0 aliphatic heterocycles. The molecule has 0 bridgehead atoms. The van der Waals surface area contributed by atoms with Gasteiger partial charge in [0, 0.05) is 4.91 Å². The van der Waals surface area contributed by atoms with Gasteiger partial charge in [0.05, 0.1) is 6.10 Å². The molecule has 0 saturated heterocycles. The van der Waals surface area contributed by atoms with Crippen LogP contribution in [0, 0.1) is 0 Å². The van der Waals surface area contributed by atoms with Crippen molar-refractivity contribution >= 4 is 5.91 Å². The molecule has 5 nitrogen and oxygen atoms in total. The minimum Gasteiger partial charge on any atom is -0.393 e. The molecule has 0 aromatic rings. The van der Waals surface area contributed by atoms with E-state index in [1.54, 1.807) is 12.2 Å². The van der Waals surface area contributed by atoms with Crippen molar-refractivity contribution in [3.63, 3.8) is 0 Å². The van der Waals surface area contributed by atoms with Gasteiger partial charge in [0.25, 0.3) is 0 Å². The Balaban J connectivity index is 3.78. The topological polar surface area (TPSA) is 86.1 Å². The number of carbonyl (C=O) groups excluding carboxylic acids is 1. The van der Waals surface area contributed by atoms with E-state index in [9.17, 15) is 9.90 Å². The fourth-order valence-electron chi connectivity index (χ4n) is 2.15. The van der Waals surface area contributed by atoms with E-state index < -0.39 is 5.91 Å². The summed E-state index contributed by atoms with van der Waals surface area (Å²) in [5.41, 5.74) is 8.05. The lowest BCUT2D eigenvalue weighted by Gasteiger charge is -2.08. The third-order valence-electron chi connectivity index (χ3n) is 3.57. The maximum absolute atomic E-state index is 10.8. The molecule has 0 aromatic heterocycles. The highest BCUT2D eigenvalue weighted by Crippen LogP contribution is 2.09. The SMILES string of the molecule is CCCCC[C@@H](O)CCCC=CC=CC=CC=CC=CC=CC(=O)N=[N+]=[N-]. The van der Waals surface area contributed by atoms with Gasteiger partial charge in [-0.2, -0.15) is 0 Å². The number of rotatable bonds is 14. The second-order valence-corrected chi connectivity index (χ2v) is 5.94. The zero-order valence-electron chi connectivity index (χ0n) is 16.2. The summed E-state index contributed by atoms with van der Waals surface area (Å²) in [5.74, 6) is -0.618. The first-order valence-electron chi connectivity index (χ1n) is 9.47. The smallest absolute Gasteiger partial charge is 0.241 e. The van der Waals surface area contributed by atoms with Crippen molar-refractivity contribution in [1.82, 2.24) is 0 Å². The molecule has 0 rings (SSSR count). The van der Waals surface area contributed by atoms with E-state index in [-0.39, 0.29) is 6.10 Å². The number of unbranched alkanes of at least 4 members (excludes halogenated alkanes) is 3. The third kappa shape index (κ3) is 19.6. The minimum absolute atomic E-state index is 0.147. The van der Waals surface area contributed by atoms with Crippen molar-refractivity contribution in [2.75, 3.05) is 0 Å². The molecule has 5 heteroatoms. The number of hydrogen-bond donors (Lipinski definition) is 1. The van der Waals surface area contributed by atoms with Crippen LogP contribution in [0.5, 0.6) is 0 Å². The van der Waals surface area contributed by atoms with Crippen LogP contribution in [0.1, 0.15) is 51.9 Å². The number of azide groups is 1. The standard InChI is InChI=1S/C22H31N3O2/c1-2-3-15-18-21(26)19-16-13-11-9-7-5-4-6-8-10-12-14-17-20-22(27)24-25-23/h4-12,14,17,20-21,26H,2-3,13,15-16,18-19H2,1H3/t21-/m1/s1. The highest BCUT2D eigenvalue weighted by Gasteiger charge is 2.01. The van der Waals surface area contributed by atoms with Crippen molar-refractivity contribution in [2.24, 2.45) is 5.11 Å². The first-order valence-corrected chi connectivity index (χ1v) is 9.47. The fourth-order valence-corrected chi connectivity index (χ4v) is 2.15. The second kappa shape index (κ2) is 19.7. The quantitative estimate of drug-likeness (QED) is 0.0976. The van der Waals surface area contributed by atoms with E-state index in [0.29, 0.717) is 0 Å². The van der Waals surface area contributed by atoms with Crippen molar-refractivity contribution < 1.29 is 9.90 Å². The summed E-state index contributed by atoms with van der Waals surface area (Å²) in [6.45, 7) is 2.17. The van der Waals surface area contributed by atoms with Gasteiger partial charge in [-0.15, -0.1) is 0 Å². The number of nitrogens with zero attached hydrogens (tertiary/aromatic N) is 3. The predicted molar refractivity (Wildman–Crippen MR) is 113 cm³/mol. The van der Waals surface area contributed by atoms with E-state index >= 15 is 0 Å². The number of amides is 1. The zero-order valence-corrected chi connectivity index (χ0v) is 16.2. The molecule has 0 fully saturated rings. The molecule has 27 heavy (non-hydrogen) atoms. The first kappa shape index (κ1) is 24.4. The Morgan fingerprint density at radius 3 is 2.07 bits per heavy atom. The molecule has 0 aliphatic carbocycles. The summed E-state index contributed by atoms with van der Waals surface area (Å²) in [4.78, 5) is 13.2. The molecular weight excluding hydrogens is 338 g/mol. The predicted octanol–water partition coefficient (Wildman–Crippen LogP) is 6.27. The van der Waals surface area contributed by atoms with Crippen LogP contribution in [-0.2, 0) is 4.79 Å². The lowest BCUT2D eigenvalue weighted by molar-refractivity contribution is -0.113. The molecule has 0 aromatic carbocycles.